The van der Waals surface area contributed by atoms with Crippen molar-refractivity contribution in [1.82, 2.24) is 15.0 Å². The van der Waals surface area contributed by atoms with Crippen molar-refractivity contribution in [2.24, 2.45) is 0 Å². The third-order valence-corrected chi connectivity index (χ3v) is 3.44. The van der Waals surface area contributed by atoms with E-state index in [9.17, 15) is 19.5 Å². The average molecular weight is 365 g/mol. The number of esters is 1. The maximum Gasteiger partial charge on any atom is 0.513 e. The van der Waals surface area contributed by atoms with Gasteiger partial charge in [-0.1, -0.05) is 6.07 Å². The van der Waals surface area contributed by atoms with E-state index in [4.69, 9.17) is 5.11 Å². The van der Waals surface area contributed by atoms with Crippen molar-refractivity contribution in [2.75, 3.05) is 0 Å². The van der Waals surface area contributed by atoms with Crippen LogP contribution in [-0.4, -0.2) is 43.3 Å². The summed E-state index contributed by atoms with van der Waals surface area (Å²) in [4.78, 5) is 46.3. The Morgan fingerprint density at radius 2 is 1.44 bits per heavy atom. The van der Waals surface area contributed by atoms with Crippen molar-refractivity contribution < 1.29 is 29.3 Å². The molecule has 3 aromatic rings. The summed E-state index contributed by atoms with van der Waals surface area (Å²) in [7, 11) is 0. The summed E-state index contributed by atoms with van der Waals surface area (Å²) in [5.74, 6) is -2.25. The molecule has 3 heterocycles. The molecule has 0 unspecified atom stereocenters. The number of carbonyl (C=O) groups excluding carboxylic acids is 1. The van der Waals surface area contributed by atoms with Gasteiger partial charge in [0.2, 0.25) is 0 Å². The van der Waals surface area contributed by atoms with E-state index in [-0.39, 0.29) is 22.5 Å². The molecule has 0 amide bonds. The van der Waals surface area contributed by atoms with Crippen LogP contribution in [0, 0.1) is 0 Å². The number of carbonyl (C=O) groups is 3. The fourth-order valence-electron chi connectivity index (χ4n) is 2.27. The van der Waals surface area contributed by atoms with Gasteiger partial charge in [0.25, 0.3) is 0 Å². The summed E-state index contributed by atoms with van der Waals surface area (Å²) in [5, 5.41) is 17.9. The molecular formula is C18H11N3O6. The molecule has 0 saturated carbocycles. The van der Waals surface area contributed by atoms with Crippen LogP contribution >= 0.6 is 0 Å². The van der Waals surface area contributed by atoms with Crippen molar-refractivity contribution in [3.63, 3.8) is 0 Å². The van der Waals surface area contributed by atoms with Crippen LogP contribution in [0.4, 0.5) is 4.79 Å². The molecule has 134 valence electrons. The number of hydrogen-bond acceptors (Lipinski definition) is 7. The van der Waals surface area contributed by atoms with E-state index < -0.39 is 18.1 Å². The van der Waals surface area contributed by atoms with Gasteiger partial charge < -0.3 is 14.9 Å². The lowest BCUT2D eigenvalue weighted by Crippen LogP contribution is -2.10. The Kier molecular flexibility index (Phi) is 4.84. The van der Waals surface area contributed by atoms with Crippen LogP contribution in [0.3, 0.4) is 0 Å². The monoisotopic (exact) mass is 365 g/mol. The molecule has 0 aliphatic carbocycles. The first-order chi connectivity index (χ1) is 12.9. The second-order valence-corrected chi connectivity index (χ2v) is 5.23. The molecule has 0 radical (unpaired) electrons. The standard InChI is InChI=1S/C18H11N3O6/c22-16(23)11-8-14(12-3-1-2-5-19-12)21-15(9-11)13-7-10(4-6-20-13)17(24)27-18(25)26/h1-9H,(H,22,23)(H,25,26). The lowest BCUT2D eigenvalue weighted by atomic mass is 10.1. The molecule has 0 atom stereocenters. The van der Waals surface area contributed by atoms with Crippen molar-refractivity contribution in [2.45, 2.75) is 0 Å². The molecule has 2 N–H and O–H groups in total. The van der Waals surface area contributed by atoms with Crippen molar-refractivity contribution in [1.29, 1.82) is 0 Å². The number of nitrogens with zero attached hydrogens (tertiary/aromatic N) is 3. The highest BCUT2D eigenvalue weighted by Gasteiger charge is 2.16. The SMILES string of the molecule is O=C(O)OC(=O)c1ccnc(-c2cc(C(=O)O)cc(-c3ccccn3)n2)c1. The van der Waals surface area contributed by atoms with Crippen molar-refractivity contribution in [3.05, 3.63) is 66.0 Å². The molecule has 0 saturated heterocycles. The second kappa shape index (κ2) is 7.40. The van der Waals surface area contributed by atoms with E-state index in [0.717, 1.165) is 0 Å². The van der Waals surface area contributed by atoms with E-state index in [1.54, 1.807) is 24.4 Å². The van der Waals surface area contributed by atoms with Crippen LogP contribution in [0.15, 0.2) is 54.9 Å². The van der Waals surface area contributed by atoms with Crippen LogP contribution in [0.2, 0.25) is 0 Å². The van der Waals surface area contributed by atoms with Crippen molar-refractivity contribution in [3.8, 4) is 22.8 Å². The minimum absolute atomic E-state index is 0.0408. The molecule has 0 aromatic carbocycles. The molecule has 9 nitrogen and oxygen atoms in total. The van der Waals surface area contributed by atoms with E-state index in [1.807, 2.05) is 0 Å². The zero-order valence-electron chi connectivity index (χ0n) is 13.6. The van der Waals surface area contributed by atoms with Gasteiger partial charge in [-0.05, 0) is 36.4 Å². The number of ether oxygens (including phenoxy) is 1. The second-order valence-electron chi connectivity index (χ2n) is 5.23. The van der Waals surface area contributed by atoms with Crippen molar-refractivity contribution >= 4 is 18.1 Å². The summed E-state index contributed by atoms with van der Waals surface area (Å²) < 4.78 is 4.11. The number of aromatic carboxylic acids is 1. The Hall–Kier alpha value is -4.14. The maximum atomic E-state index is 11.7. The lowest BCUT2D eigenvalue weighted by molar-refractivity contribution is 0.0508. The molecule has 9 heteroatoms. The van der Waals surface area contributed by atoms with Crippen LogP contribution in [-0.2, 0) is 4.74 Å². The molecule has 0 aliphatic rings. The predicted molar refractivity (Wildman–Crippen MR) is 91.1 cm³/mol. The first kappa shape index (κ1) is 17.7. The fraction of sp³-hybridized carbons (Fsp3) is 0. The molecular weight excluding hydrogens is 354 g/mol. The summed E-state index contributed by atoms with van der Waals surface area (Å²) in [6, 6.07) is 10.3. The van der Waals surface area contributed by atoms with Gasteiger partial charge >= 0.3 is 18.1 Å². The third-order valence-electron chi connectivity index (χ3n) is 3.44. The Morgan fingerprint density at radius 1 is 0.778 bits per heavy atom. The lowest BCUT2D eigenvalue weighted by Gasteiger charge is -2.07. The minimum atomic E-state index is -1.73. The van der Waals surface area contributed by atoms with Gasteiger partial charge in [-0.3, -0.25) is 9.97 Å². The smallest absolute Gasteiger partial charge is 0.478 e. The summed E-state index contributed by atoms with van der Waals surface area (Å²) in [6.07, 6.45) is 1.08. The number of hydrogen-bond donors (Lipinski definition) is 2. The van der Waals surface area contributed by atoms with Gasteiger partial charge in [-0.15, -0.1) is 0 Å². The zero-order valence-corrected chi connectivity index (χ0v) is 13.6. The van der Waals surface area contributed by atoms with Crippen LogP contribution in [0.1, 0.15) is 20.7 Å². The average Bonchev–Trinajstić information content (AvgIpc) is 2.68. The quantitative estimate of drug-likeness (QED) is 0.527. The highest BCUT2D eigenvalue weighted by molar-refractivity contribution is 5.96. The van der Waals surface area contributed by atoms with Gasteiger partial charge in [0.05, 0.1) is 33.9 Å². The molecule has 3 rings (SSSR count). The normalized spacial score (nSPS) is 10.2. The van der Waals surface area contributed by atoms with Gasteiger partial charge in [-0.25, -0.2) is 19.4 Å². The highest BCUT2D eigenvalue weighted by atomic mass is 16.7. The summed E-state index contributed by atoms with van der Waals surface area (Å²) in [6.45, 7) is 0. The van der Waals surface area contributed by atoms with Crippen LogP contribution < -0.4 is 0 Å². The highest BCUT2D eigenvalue weighted by Crippen LogP contribution is 2.23. The van der Waals surface area contributed by atoms with E-state index in [1.165, 1.54) is 30.5 Å². The number of aromatic nitrogens is 3. The van der Waals surface area contributed by atoms with E-state index in [2.05, 4.69) is 19.7 Å². The Bertz CT molecular complexity index is 1040. The zero-order chi connectivity index (χ0) is 19.4. The molecule has 0 fully saturated rings. The molecule has 0 bridgehead atoms. The van der Waals surface area contributed by atoms with Gasteiger partial charge in [-0.2, -0.15) is 0 Å². The summed E-state index contributed by atoms with van der Waals surface area (Å²) in [5.41, 5.74) is 1.02. The largest absolute Gasteiger partial charge is 0.513 e. The Labute approximate surface area is 151 Å². The summed E-state index contributed by atoms with van der Waals surface area (Å²) >= 11 is 0. The maximum absolute atomic E-state index is 11.7. The van der Waals surface area contributed by atoms with Gasteiger partial charge in [0, 0.05) is 12.4 Å². The molecule has 3 aromatic heterocycles. The Balaban J connectivity index is 2.09. The van der Waals surface area contributed by atoms with Gasteiger partial charge in [0.15, 0.2) is 0 Å². The predicted octanol–water partition coefficient (Wildman–Crippen LogP) is 2.74. The number of pyridine rings is 3. The molecule has 0 aliphatic heterocycles. The van der Waals surface area contributed by atoms with Crippen LogP contribution in [0.5, 0.6) is 0 Å². The van der Waals surface area contributed by atoms with Crippen LogP contribution in [0.25, 0.3) is 22.8 Å². The third kappa shape index (κ3) is 4.10. The number of rotatable bonds is 4. The fourth-order valence-corrected chi connectivity index (χ4v) is 2.27. The number of carboxylic acid groups (broad SMARTS) is 2. The van der Waals surface area contributed by atoms with Gasteiger partial charge in [0.1, 0.15) is 0 Å². The topological polar surface area (TPSA) is 140 Å². The molecule has 0 spiro atoms. The van der Waals surface area contributed by atoms with E-state index in [0.29, 0.717) is 11.4 Å². The minimum Gasteiger partial charge on any atom is -0.478 e. The first-order valence-electron chi connectivity index (χ1n) is 7.52. The number of carboxylic acids is 1. The van der Waals surface area contributed by atoms with E-state index >= 15 is 0 Å². The Morgan fingerprint density at radius 3 is 2.07 bits per heavy atom. The first-order valence-corrected chi connectivity index (χ1v) is 7.52. The molecule has 27 heavy (non-hydrogen) atoms.